The second-order valence-corrected chi connectivity index (χ2v) is 9.70. The van der Waals surface area contributed by atoms with Crippen molar-refractivity contribution in [3.8, 4) is 34.5 Å². The molecule has 1 fully saturated rings. The number of carbonyl (C=O) groups is 3. The van der Waals surface area contributed by atoms with Crippen molar-refractivity contribution in [3.63, 3.8) is 0 Å². The van der Waals surface area contributed by atoms with E-state index in [4.69, 9.17) is 18.6 Å². The van der Waals surface area contributed by atoms with Crippen LogP contribution in [0.2, 0.25) is 0 Å². The van der Waals surface area contributed by atoms with Crippen molar-refractivity contribution in [2.45, 2.75) is 43.0 Å². The third kappa shape index (κ3) is 4.79. The van der Waals surface area contributed by atoms with Crippen molar-refractivity contribution in [2.24, 2.45) is 0 Å². The molecule has 0 saturated carbocycles. The van der Waals surface area contributed by atoms with E-state index in [1.54, 1.807) is 0 Å². The van der Waals surface area contributed by atoms with Crippen LogP contribution >= 0.6 is 0 Å². The number of hydrogen-bond donors (Lipinski definition) is 9. The lowest BCUT2D eigenvalue weighted by atomic mass is 9.95. The topological polar surface area (TPSA) is 291 Å². The summed E-state index contributed by atoms with van der Waals surface area (Å²) < 4.78 is 20.5. The summed E-state index contributed by atoms with van der Waals surface area (Å²) in [4.78, 5) is 51.0. The largest absolute Gasteiger partial charge is 0.504 e. The molecule has 0 radical (unpaired) electrons. The number of benzene rings is 2. The molecular formula is C26H22O17. The van der Waals surface area contributed by atoms with Gasteiger partial charge in [0.15, 0.2) is 52.5 Å². The molecule has 2 aliphatic rings. The lowest BCUT2D eigenvalue weighted by Gasteiger charge is -2.41. The molecule has 17 heteroatoms. The third-order valence-corrected chi connectivity index (χ3v) is 7.06. The lowest BCUT2D eigenvalue weighted by molar-refractivity contribution is -0.288. The Labute approximate surface area is 237 Å². The zero-order valence-corrected chi connectivity index (χ0v) is 21.4. The van der Waals surface area contributed by atoms with Gasteiger partial charge in [0.25, 0.3) is 0 Å². The molecule has 43 heavy (non-hydrogen) atoms. The molecule has 3 aromatic rings. The van der Waals surface area contributed by atoms with Crippen LogP contribution in [0.1, 0.15) is 38.8 Å². The summed E-state index contributed by atoms with van der Waals surface area (Å²) >= 11 is 0. The molecule has 2 aromatic carbocycles. The number of aliphatic hydroxyl groups is 3. The standard InChI is InChI=1S/C26H22O17/c27-5-13-18(34)22(20(36)26(40-13)43-23(37)6-1-9(28)16(32)10(29)2-6)42-25(39)8-4-12(31)21-15(8)14-7(24(38)41-21)3-11(30)17(33)19(14)35/h1-3,8,13,18,20,22,26-30,32-36H,4-5H2. The van der Waals surface area contributed by atoms with Gasteiger partial charge in [0.1, 0.15) is 12.2 Å². The second kappa shape index (κ2) is 10.6. The van der Waals surface area contributed by atoms with Crippen molar-refractivity contribution in [2.75, 3.05) is 6.61 Å². The van der Waals surface area contributed by atoms with Gasteiger partial charge in [-0.25, -0.2) is 9.59 Å². The first-order chi connectivity index (χ1) is 20.2. The Kier molecular flexibility index (Phi) is 7.26. The number of ketones is 1. The van der Waals surface area contributed by atoms with E-state index in [0.29, 0.717) is 12.1 Å². The lowest BCUT2D eigenvalue weighted by Crippen LogP contribution is -2.61. The van der Waals surface area contributed by atoms with Crippen LogP contribution in [-0.4, -0.2) is 101 Å². The molecule has 0 spiro atoms. The maximum absolute atomic E-state index is 13.4. The molecule has 1 aliphatic heterocycles. The fraction of sp³-hybridized carbons (Fsp3) is 0.308. The van der Waals surface area contributed by atoms with Crippen LogP contribution in [0.25, 0.3) is 10.8 Å². The minimum Gasteiger partial charge on any atom is -0.504 e. The molecule has 0 bridgehead atoms. The van der Waals surface area contributed by atoms with Gasteiger partial charge in [-0.2, -0.15) is 0 Å². The van der Waals surface area contributed by atoms with Gasteiger partial charge in [0, 0.05) is 17.4 Å². The van der Waals surface area contributed by atoms with Crippen molar-refractivity contribution in [1.29, 1.82) is 0 Å². The SMILES string of the molecule is O=C(OC1OC(CO)C(O)C(OC(=O)C2CC(=O)c3oc(=O)c4cc(O)c(O)c(O)c4c32)C1O)c1cc(O)c(O)c(O)c1. The smallest absolute Gasteiger partial charge is 0.344 e. The van der Waals surface area contributed by atoms with Gasteiger partial charge in [-0.15, -0.1) is 0 Å². The maximum Gasteiger partial charge on any atom is 0.344 e. The molecule has 2 heterocycles. The molecular weight excluding hydrogens is 584 g/mol. The Morgan fingerprint density at radius 3 is 2.12 bits per heavy atom. The Bertz CT molecular complexity index is 1700. The summed E-state index contributed by atoms with van der Waals surface area (Å²) in [5, 5.41) is 89.2. The molecule has 228 valence electrons. The Balaban J connectivity index is 1.45. The number of hydrogen-bond acceptors (Lipinski definition) is 17. The van der Waals surface area contributed by atoms with Crippen LogP contribution in [0, 0.1) is 0 Å². The first-order valence-electron chi connectivity index (χ1n) is 12.3. The van der Waals surface area contributed by atoms with E-state index in [-0.39, 0.29) is 5.56 Å². The maximum atomic E-state index is 13.4. The van der Waals surface area contributed by atoms with E-state index < -0.39 is 130 Å². The van der Waals surface area contributed by atoms with Gasteiger partial charge < -0.3 is 64.6 Å². The van der Waals surface area contributed by atoms with Gasteiger partial charge in [0.2, 0.25) is 12.0 Å². The molecule has 0 amide bonds. The van der Waals surface area contributed by atoms with E-state index >= 15 is 0 Å². The fourth-order valence-corrected chi connectivity index (χ4v) is 4.92. The quantitative estimate of drug-likeness (QED) is 0.123. The van der Waals surface area contributed by atoms with Crippen LogP contribution in [0.3, 0.4) is 0 Å². The highest BCUT2D eigenvalue weighted by molar-refractivity contribution is 6.10. The van der Waals surface area contributed by atoms with E-state index in [9.17, 15) is 65.1 Å². The summed E-state index contributed by atoms with van der Waals surface area (Å²) in [7, 11) is 0. The Morgan fingerprint density at radius 2 is 1.49 bits per heavy atom. The fourth-order valence-electron chi connectivity index (χ4n) is 4.92. The molecule has 6 unspecified atom stereocenters. The number of carbonyl (C=O) groups excluding carboxylic acids is 3. The van der Waals surface area contributed by atoms with E-state index in [0.717, 1.165) is 6.07 Å². The zero-order valence-electron chi connectivity index (χ0n) is 21.4. The average molecular weight is 606 g/mol. The number of rotatable bonds is 5. The summed E-state index contributed by atoms with van der Waals surface area (Å²) in [5.41, 5.74) is -2.09. The summed E-state index contributed by atoms with van der Waals surface area (Å²) in [5.74, 6) is -11.5. The molecule has 6 atom stereocenters. The van der Waals surface area contributed by atoms with Crippen molar-refractivity contribution < 1.29 is 79.0 Å². The molecule has 1 saturated heterocycles. The highest BCUT2D eigenvalue weighted by Crippen LogP contribution is 2.47. The highest BCUT2D eigenvalue weighted by Gasteiger charge is 2.50. The third-order valence-electron chi connectivity index (χ3n) is 7.06. The monoisotopic (exact) mass is 606 g/mol. The van der Waals surface area contributed by atoms with E-state index in [2.05, 4.69) is 0 Å². The Hall–Kier alpha value is -5.10. The summed E-state index contributed by atoms with van der Waals surface area (Å²) in [6.07, 6.45) is -10.4. The molecule has 5 rings (SSSR count). The molecule has 9 N–H and O–H groups in total. The number of phenols is 6. The van der Waals surface area contributed by atoms with Crippen LogP contribution in [0.15, 0.2) is 27.4 Å². The minimum absolute atomic E-state index is 0.387. The van der Waals surface area contributed by atoms with E-state index in [1.807, 2.05) is 0 Å². The van der Waals surface area contributed by atoms with Gasteiger partial charge >= 0.3 is 17.6 Å². The first-order valence-corrected chi connectivity index (χ1v) is 12.3. The molecule has 1 aromatic heterocycles. The molecule has 1 aliphatic carbocycles. The van der Waals surface area contributed by atoms with Crippen LogP contribution in [0.5, 0.6) is 34.5 Å². The zero-order chi connectivity index (χ0) is 31.5. The number of aromatic hydroxyl groups is 6. The molecule has 17 nitrogen and oxygen atoms in total. The Morgan fingerprint density at radius 1 is 0.860 bits per heavy atom. The van der Waals surface area contributed by atoms with Gasteiger partial charge in [0.05, 0.1) is 23.5 Å². The number of esters is 2. The number of phenolic OH excluding ortho intramolecular Hbond substituents is 6. The van der Waals surface area contributed by atoms with Crippen LogP contribution in [0.4, 0.5) is 0 Å². The average Bonchev–Trinajstić information content (AvgIpc) is 3.29. The minimum atomic E-state index is -2.14. The second-order valence-electron chi connectivity index (χ2n) is 9.70. The van der Waals surface area contributed by atoms with Crippen molar-refractivity contribution in [3.05, 3.63) is 45.5 Å². The first kappa shape index (κ1) is 29.4. The predicted molar refractivity (Wildman–Crippen MR) is 134 cm³/mol. The predicted octanol–water partition coefficient (Wildman–Crippen LogP) is -1.10. The van der Waals surface area contributed by atoms with Crippen molar-refractivity contribution in [1.82, 2.24) is 0 Å². The van der Waals surface area contributed by atoms with Gasteiger partial charge in [-0.1, -0.05) is 0 Å². The highest BCUT2D eigenvalue weighted by atomic mass is 16.7. The van der Waals surface area contributed by atoms with Crippen LogP contribution in [-0.2, 0) is 19.0 Å². The summed E-state index contributed by atoms with van der Waals surface area (Å²) in [6.45, 7) is -0.937. The summed E-state index contributed by atoms with van der Waals surface area (Å²) in [6, 6.07) is 2.17. The van der Waals surface area contributed by atoms with Gasteiger partial charge in [-0.3, -0.25) is 9.59 Å². The van der Waals surface area contributed by atoms with E-state index in [1.165, 1.54) is 0 Å². The number of ether oxygens (including phenoxy) is 3. The van der Waals surface area contributed by atoms with Crippen molar-refractivity contribution >= 4 is 28.5 Å². The van der Waals surface area contributed by atoms with Crippen LogP contribution < -0.4 is 5.63 Å². The number of aliphatic hydroxyl groups excluding tert-OH is 3. The number of Topliss-reactive ketones (excluding diaryl/α,β-unsaturated/α-hetero) is 1. The van der Waals surface area contributed by atoms with Gasteiger partial charge in [-0.05, 0) is 18.2 Å². The normalized spacial score (nSPS) is 25.0. The number of fused-ring (bicyclic) bond motifs is 3.